The van der Waals surface area contributed by atoms with E-state index in [4.69, 9.17) is 0 Å². The Kier molecular flexibility index (Phi) is 8.89. The maximum atomic E-state index is 12.0. The third kappa shape index (κ3) is 6.95. The van der Waals surface area contributed by atoms with E-state index in [9.17, 15) is 4.79 Å². The Labute approximate surface area is 119 Å². The van der Waals surface area contributed by atoms with Crippen LogP contribution in [0.5, 0.6) is 0 Å². The lowest BCUT2D eigenvalue weighted by Gasteiger charge is -2.21. The summed E-state index contributed by atoms with van der Waals surface area (Å²) in [7, 11) is 0. The van der Waals surface area contributed by atoms with Crippen LogP contribution in [0.1, 0.15) is 71.6 Å². The fraction of sp³-hybridized carbons (Fsp3) is 0.938. The Morgan fingerprint density at radius 3 is 2.26 bits per heavy atom. The van der Waals surface area contributed by atoms with E-state index in [0.29, 0.717) is 5.91 Å². The lowest BCUT2D eigenvalue weighted by Crippen LogP contribution is -2.43. The van der Waals surface area contributed by atoms with Gasteiger partial charge in [-0.15, -0.1) is 0 Å². The van der Waals surface area contributed by atoms with Gasteiger partial charge in [0.05, 0.1) is 6.04 Å². The highest BCUT2D eigenvalue weighted by Crippen LogP contribution is 2.09. The number of carbonyl (C=O) groups excluding carboxylic acids is 1. The smallest absolute Gasteiger partial charge is 0.239 e. The van der Waals surface area contributed by atoms with E-state index in [1.165, 1.54) is 57.8 Å². The van der Waals surface area contributed by atoms with Gasteiger partial charge in [-0.3, -0.25) is 4.79 Å². The van der Waals surface area contributed by atoms with Gasteiger partial charge in [-0.2, -0.15) is 0 Å². The van der Waals surface area contributed by atoms with Crippen LogP contribution in [-0.4, -0.2) is 36.5 Å². The summed E-state index contributed by atoms with van der Waals surface area (Å²) in [6.07, 6.45) is 11.6. The second-order valence-electron chi connectivity index (χ2n) is 5.83. The first-order chi connectivity index (χ1) is 9.25. The van der Waals surface area contributed by atoms with Crippen molar-refractivity contribution in [1.29, 1.82) is 0 Å². The molecule has 1 heterocycles. The molecule has 3 heteroatoms. The van der Waals surface area contributed by atoms with Gasteiger partial charge in [-0.25, -0.2) is 0 Å². The zero-order valence-electron chi connectivity index (χ0n) is 12.9. The number of amides is 1. The number of likely N-dealkylation sites (tertiary alicyclic amines) is 1. The molecular weight excluding hydrogens is 236 g/mol. The second-order valence-corrected chi connectivity index (χ2v) is 5.83. The van der Waals surface area contributed by atoms with Crippen LogP contribution in [0.15, 0.2) is 0 Å². The van der Waals surface area contributed by atoms with Crippen LogP contribution >= 0.6 is 0 Å². The summed E-state index contributed by atoms with van der Waals surface area (Å²) in [5, 5.41) is 3.37. The predicted octanol–water partition coefficient (Wildman–Crippen LogP) is 3.34. The topological polar surface area (TPSA) is 32.3 Å². The van der Waals surface area contributed by atoms with Crippen molar-refractivity contribution in [2.45, 2.75) is 77.7 Å². The summed E-state index contributed by atoms with van der Waals surface area (Å²) in [5.74, 6) is 0.292. The third-order valence-corrected chi connectivity index (χ3v) is 4.02. The van der Waals surface area contributed by atoms with Gasteiger partial charge in [0.15, 0.2) is 0 Å². The zero-order chi connectivity index (χ0) is 13.9. The molecule has 0 aliphatic carbocycles. The first kappa shape index (κ1) is 16.5. The SMILES string of the molecule is CCCCCCCCCNC(C)C(=O)N1CCCC1. The average molecular weight is 268 g/mol. The average Bonchev–Trinajstić information content (AvgIpc) is 2.94. The fourth-order valence-electron chi connectivity index (χ4n) is 2.70. The molecule has 0 aromatic heterocycles. The van der Waals surface area contributed by atoms with Gasteiger partial charge in [-0.1, -0.05) is 45.4 Å². The van der Waals surface area contributed by atoms with E-state index in [1.54, 1.807) is 0 Å². The van der Waals surface area contributed by atoms with Crippen LogP contribution in [0.25, 0.3) is 0 Å². The minimum absolute atomic E-state index is 0.00167. The van der Waals surface area contributed by atoms with E-state index in [1.807, 2.05) is 11.8 Å². The quantitative estimate of drug-likeness (QED) is 0.616. The Morgan fingerprint density at radius 1 is 1.05 bits per heavy atom. The molecule has 19 heavy (non-hydrogen) atoms. The molecule has 0 spiro atoms. The van der Waals surface area contributed by atoms with Crippen LogP contribution in [0.2, 0.25) is 0 Å². The van der Waals surface area contributed by atoms with Gasteiger partial charge < -0.3 is 10.2 Å². The van der Waals surface area contributed by atoms with Gasteiger partial charge >= 0.3 is 0 Å². The van der Waals surface area contributed by atoms with Gasteiger partial charge in [-0.05, 0) is 32.7 Å². The largest absolute Gasteiger partial charge is 0.341 e. The first-order valence-corrected chi connectivity index (χ1v) is 8.28. The van der Waals surface area contributed by atoms with Crippen molar-refractivity contribution in [3.8, 4) is 0 Å². The lowest BCUT2D eigenvalue weighted by molar-refractivity contribution is -0.131. The molecular formula is C16H32N2O. The molecule has 1 aliphatic heterocycles. The number of nitrogens with zero attached hydrogens (tertiary/aromatic N) is 1. The number of unbranched alkanes of at least 4 members (excludes halogenated alkanes) is 6. The van der Waals surface area contributed by atoms with Crippen LogP contribution in [0.3, 0.4) is 0 Å². The molecule has 1 saturated heterocycles. The normalized spacial score (nSPS) is 16.8. The van der Waals surface area contributed by atoms with Crippen molar-refractivity contribution in [2.75, 3.05) is 19.6 Å². The molecule has 0 aromatic rings. The summed E-state index contributed by atoms with van der Waals surface area (Å²) in [6, 6.07) is -0.00167. The molecule has 1 atom stereocenters. The van der Waals surface area contributed by atoms with E-state index in [-0.39, 0.29) is 6.04 Å². The molecule has 0 bridgehead atoms. The first-order valence-electron chi connectivity index (χ1n) is 8.28. The minimum Gasteiger partial charge on any atom is -0.341 e. The van der Waals surface area contributed by atoms with Crippen molar-refractivity contribution in [1.82, 2.24) is 10.2 Å². The van der Waals surface area contributed by atoms with Gasteiger partial charge in [0.25, 0.3) is 0 Å². The molecule has 1 rings (SSSR count). The third-order valence-electron chi connectivity index (χ3n) is 4.02. The van der Waals surface area contributed by atoms with Crippen LogP contribution in [0.4, 0.5) is 0 Å². The highest BCUT2D eigenvalue weighted by atomic mass is 16.2. The van der Waals surface area contributed by atoms with E-state index >= 15 is 0 Å². The number of rotatable bonds is 10. The fourth-order valence-corrected chi connectivity index (χ4v) is 2.70. The van der Waals surface area contributed by atoms with Crippen molar-refractivity contribution >= 4 is 5.91 Å². The van der Waals surface area contributed by atoms with Crippen molar-refractivity contribution < 1.29 is 4.79 Å². The van der Waals surface area contributed by atoms with E-state index in [2.05, 4.69) is 12.2 Å². The molecule has 0 radical (unpaired) electrons. The van der Waals surface area contributed by atoms with Crippen LogP contribution < -0.4 is 5.32 Å². The Morgan fingerprint density at radius 2 is 1.63 bits per heavy atom. The summed E-state index contributed by atoms with van der Waals surface area (Å²) in [6.45, 7) is 7.16. The second kappa shape index (κ2) is 10.2. The van der Waals surface area contributed by atoms with E-state index in [0.717, 1.165) is 19.6 Å². The van der Waals surface area contributed by atoms with E-state index < -0.39 is 0 Å². The monoisotopic (exact) mass is 268 g/mol. The molecule has 0 saturated carbocycles. The Balaban J connectivity index is 1.94. The maximum Gasteiger partial charge on any atom is 0.239 e. The number of carbonyl (C=O) groups is 1. The summed E-state index contributed by atoms with van der Waals surface area (Å²) in [4.78, 5) is 14.0. The summed E-state index contributed by atoms with van der Waals surface area (Å²) < 4.78 is 0. The molecule has 1 N–H and O–H groups in total. The highest BCUT2D eigenvalue weighted by molar-refractivity contribution is 5.81. The lowest BCUT2D eigenvalue weighted by atomic mass is 10.1. The molecule has 0 aromatic carbocycles. The highest BCUT2D eigenvalue weighted by Gasteiger charge is 2.22. The van der Waals surface area contributed by atoms with Crippen molar-refractivity contribution in [3.05, 3.63) is 0 Å². The predicted molar refractivity (Wildman–Crippen MR) is 81.3 cm³/mol. The summed E-state index contributed by atoms with van der Waals surface area (Å²) in [5.41, 5.74) is 0. The number of hydrogen-bond acceptors (Lipinski definition) is 2. The summed E-state index contributed by atoms with van der Waals surface area (Å²) >= 11 is 0. The van der Waals surface area contributed by atoms with Gasteiger partial charge in [0.1, 0.15) is 0 Å². The standard InChI is InChI=1S/C16H32N2O/c1-3-4-5-6-7-8-9-12-17-15(2)16(19)18-13-10-11-14-18/h15,17H,3-14H2,1-2H3. The molecule has 112 valence electrons. The number of nitrogens with one attached hydrogen (secondary N) is 1. The zero-order valence-corrected chi connectivity index (χ0v) is 12.9. The molecule has 1 fully saturated rings. The van der Waals surface area contributed by atoms with Gasteiger partial charge in [0.2, 0.25) is 5.91 Å². The van der Waals surface area contributed by atoms with Gasteiger partial charge in [0, 0.05) is 13.1 Å². The maximum absolute atomic E-state index is 12.0. The van der Waals surface area contributed by atoms with Crippen molar-refractivity contribution in [3.63, 3.8) is 0 Å². The van der Waals surface area contributed by atoms with Crippen LogP contribution in [0, 0.1) is 0 Å². The molecule has 1 amide bonds. The van der Waals surface area contributed by atoms with Crippen LogP contribution in [-0.2, 0) is 4.79 Å². The minimum atomic E-state index is -0.00167. The van der Waals surface area contributed by atoms with Crippen molar-refractivity contribution in [2.24, 2.45) is 0 Å². The Bertz CT molecular complexity index is 237. The number of hydrogen-bond donors (Lipinski definition) is 1. The molecule has 1 aliphatic rings. The Hall–Kier alpha value is -0.570. The molecule has 3 nitrogen and oxygen atoms in total. The molecule has 1 unspecified atom stereocenters.